The molecule has 0 spiro atoms. The number of hydrogen-bond donors (Lipinski definition) is 1. The lowest BCUT2D eigenvalue weighted by atomic mass is 9.93. The molecule has 0 bridgehead atoms. The lowest BCUT2D eigenvalue weighted by molar-refractivity contribution is 0.452. The monoisotopic (exact) mass is 294 g/mol. The number of nitrogens with zero attached hydrogens (tertiary/aromatic N) is 1. The number of nitrogens with two attached hydrogens (primary N) is 1. The summed E-state index contributed by atoms with van der Waals surface area (Å²) in [7, 11) is 0. The molecule has 1 fully saturated rings. The predicted octanol–water partition coefficient (Wildman–Crippen LogP) is 3.35. The summed E-state index contributed by atoms with van der Waals surface area (Å²) >= 11 is 1.70. The van der Waals surface area contributed by atoms with Gasteiger partial charge in [0.15, 0.2) is 0 Å². The topological polar surface area (TPSA) is 29.3 Å². The van der Waals surface area contributed by atoms with Gasteiger partial charge >= 0.3 is 0 Å². The summed E-state index contributed by atoms with van der Waals surface area (Å²) in [6.07, 6.45) is 0.903. The zero-order valence-electron chi connectivity index (χ0n) is 10.9. The minimum absolute atomic E-state index is 0.000281. The molecule has 3 rings (SSSR count). The van der Waals surface area contributed by atoms with Gasteiger partial charge in [0.25, 0.3) is 0 Å². The van der Waals surface area contributed by atoms with Crippen LogP contribution >= 0.6 is 11.3 Å². The van der Waals surface area contributed by atoms with Crippen LogP contribution < -0.4 is 10.6 Å². The molecule has 5 heteroatoms. The summed E-state index contributed by atoms with van der Waals surface area (Å²) in [6.45, 7) is 1.32. The summed E-state index contributed by atoms with van der Waals surface area (Å²) < 4.78 is 26.9. The third-order valence-corrected chi connectivity index (χ3v) is 4.71. The second-order valence-electron chi connectivity index (χ2n) is 5.21. The summed E-state index contributed by atoms with van der Waals surface area (Å²) in [5.41, 5.74) is 6.54. The first kappa shape index (κ1) is 13.5. The smallest absolute Gasteiger partial charge is 0.149 e. The molecule has 1 aromatic carbocycles. The Labute approximate surface area is 120 Å². The number of halogens is 2. The first-order chi connectivity index (χ1) is 9.63. The van der Waals surface area contributed by atoms with E-state index in [-0.39, 0.29) is 6.04 Å². The van der Waals surface area contributed by atoms with Gasteiger partial charge in [-0.1, -0.05) is 6.07 Å². The van der Waals surface area contributed by atoms with Crippen molar-refractivity contribution in [2.45, 2.75) is 18.4 Å². The fourth-order valence-corrected chi connectivity index (χ4v) is 3.64. The second-order valence-corrected chi connectivity index (χ2v) is 6.19. The zero-order chi connectivity index (χ0) is 14.1. The van der Waals surface area contributed by atoms with Crippen molar-refractivity contribution >= 4 is 17.0 Å². The molecular formula is C15H16F2N2S. The molecule has 1 saturated heterocycles. The highest BCUT2D eigenvalue weighted by atomic mass is 32.1. The van der Waals surface area contributed by atoms with Crippen molar-refractivity contribution in [2.75, 3.05) is 18.0 Å². The van der Waals surface area contributed by atoms with Crippen molar-refractivity contribution in [1.82, 2.24) is 0 Å². The highest BCUT2D eigenvalue weighted by Crippen LogP contribution is 2.33. The van der Waals surface area contributed by atoms with Gasteiger partial charge in [0, 0.05) is 36.0 Å². The van der Waals surface area contributed by atoms with Crippen LogP contribution in [0.3, 0.4) is 0 Å². The van der Waals surface area contributed by atoms with Crippen LogP contribution in [0.15, 0.2) is 35.7 Å². The zero-order valence-corrected chi connectivity index (χ0v) is 11.7. The fraction of sp³-hybridized carbons (Fsp3) is 0.333. The highest BCUT2D eigenvalue weighted by Gasteiger charge is 2.28. The van der Waals surface area contributed by atoms with Crippen LogP contribution in [0.2, 0.25) is 0 Å². The van der Waals surface area contributed by atoms with Crippen molar-refractivity contribution in [3.63, 3.8) is 0 Å². The Balaban J connectivity index is 1.86. The van der Waals surface area contributed by atoms with Gasteiger partial charge in [0.1, 0.15) is 11.6 Å². The Morgan fingerprint density at radius 2 is 2.05 bits per heavy atom. The number of hydrogen-bond acceptors (Lipinski definition) is 3. The lowest BCUT2D eigenvalue weighted by Crippen LogP contribution is -2.46. The molecule has 20 heavy (non-hydrogen) atoms. The molecule has 2 unspecified atom stereocenters. The van der Waals surface area contributed by atoms with Gasteiger partial charge in [-0.15, -0.1) is 11.3 Å². The maximum absolute atomic E-state index is 13.9. The van der Waals surface area contributed by atoms with E-state index in [4.69, 9.17) is 5.73 Å². The Morgan fingerprint density at radius 1 is 1.20 bits per heavy atom. The minimum atomic E-state index is -0.553. The molecule has 1 aliphatic heterocycles. The highest BCUT2D eigenvalue weighted by molar-refractivity contribution is 7.10. The summed E-state index contributed by atoms with van der Waals surface area (Å²) in [6, 6.07) is 7.82. The van der Waals surface area contributed by atoms with Crippen molar-refractivity contribution < 1.29 is 8.78 Å². The van der Waals surface area contributed by atoms with Gasteiger partial charge in [-0.2, -0.15) is 0 Å². The van der Waals surface area contributed by atoms with Crippen LogP contribution in [0.25, 0.3) is 0 Å². The molecule has 0 saturated carbocycles. The van der Waals surface area contributed by atoms with Crippen LogP contribution in [-0.4, -0.2) is 19.1 Å². The third-order valence-electron chi connectivity index (χ3n) is 3.68. The molecular weight excluding hydrogens is 278 g/mol. The van der Waals surface area contributed by atoms with Crippen molar-refractivity contribution in [1.29, 1.82) is 0 Å². The molecule has 0 aliphatic carbocycles. The molecule has 2 aromatic rings. The molecule has 2 N–H and O–H groups in total. The number of piperidine rings is 1. The SMILES string of the molecule is NC1CC(c2cccs2)CN(c2ccc(F)cc2F)C1. The van der Waals surface area contributed by atoms with E-state index < -0.39 is 11.6 Å². The number of thiophene rings is 1. The van der Waals surface area contributed by atoms with E-state index in [1.807, 2.05) is 16.3 Å². The summed E-state index contributed by atoms with van der Waals surface area (Å²) in [4.78, 5) is 3.19. The average molecular weight is 294 g/mol. The lowest BCUT2D eigenvalue weighted by Gasteiger charge is -2.37. The first-order valence-corrected chi connectivity index (χ1v) is 7.50. The van der Waals surface area contributed by atoms with E-state index in [0.717, 1.165) is 19.0 Å². The Morgan fingerprint density at radius 3 is 2.75 bits per heavy atom. The standard InChI is InChI=1S/C15H16F2N2S/c16-11-3-4-14(13(17)7-11)19-8-10(6-12(18)9-19)15-2-1-5-20-15/h1-5,7,10,12H,6,8-9,18H2. The van der Waals surface area contributed by atoms with E-state index in [9.17, 15) is 8.78 Å². The quantitative estimate of drug-likeness (QED) is 0.920. The number of benzene rings is 1. The summed E-state index contributed by atoms with van der Waals surface area (Å²) in [5.74, 6) is -0.769. The molecule has 0 amide bonds. The molecule has 2 heterocycles. The van der Waals surface area contributed by atoms with Gasteiger partial charge < -0.3 is 10.6 Å². The molecule has 2 nitrogen and oxygen atoms in total. The predicted molar refractivity (Wildman–Crippen MR) is 78.2 cm³/mol. The van der Waals surface area contributed by atoms with Crippen molar-refractivity contribution in [3.8, 4) is 0 Å². The number of rotatable bonds is 2. The van der Waals surface area contributed by atoms with E-state index in [1.165, 1.54) is 17.0 Å². The third kappa shape index (κ3) is 2.69. The fourth-order valence-electron chi connectivity index (χ4n) is 2.80. The van der Waals surface area contributed by atoms with E-state index in [2.05, 4.69) is 6.07 Å². The van der Waals surface area contributed by atoms with Crippen LogP contribution in [0, 0.1) is 11.6 Å². The molecule has 1 aliphatic rings. The maximum Gasteiger partial charge on any atom is 0.149 e. The largest absolute Gasteiger partial charge is 0.367 e. The van der Waals surface area contributed by atoms with E-state index >= 15 is 0 Å². The van der Waals surface area contributed by atoms with Crippen LogP contribution in [0.5, 0.6) is 0 Å². The Hall–Kier alpha value is -1.46. The molecule has 106 valence electrons. The average Bonchev–Trinajstić information content (AvgIpc) is 2.91. The Kier molecular flexibility index (Phi) is 3.72. The Bertz CT molecular complexity index is 586. The minimum Gasteiger partial charge on any atom is -0.367 e. The summed E-state index contributed by atoms with van der Waals surface area (Å²) in [5, 5.41) is 2.04. The second kappa shape index (κ2) is 5.50. The molecule has 0 radical (unpaired) electrons. The van der Waals surface area contributed by atoms with Crippen LogP contribution in [-0.2, 0) is 0 Å². The first-order valence-electron chi connectivity index (χ1n) is 6.62. The number of anilines is 1. The van der Waals surface area contributed by atoms with E-state index in [0.29, 0.717) is 18.2 Å². The van der Waals surface area contributed by atoms with Gasteiger partial charge in [0.2, 0.25) is 0 Å². The molecule has 1 aromatic heterocycles. The van der Waals surface area contributed by atoms with Crippen molar-refractivity contribution in [2.24, 2.45) is 5.73 Å². The van der Waals surface area contributed by atoms with Crippen molar-refractivity contribution in [3.05, 3.63) is 52.2 Å². The van der Waals surface area contributed by atoms with Gasteiger partial charge in [0.05, 0.1) is 5.69 Å². The van der Waals surface area contributed by atoms with Crippen LogP contribution in [0.4, 0.5) is 14.5 Å². The van der Waals surface area contributed by atoms with Gasteiger partial charge in [-0.25, -0.2) is 8.78 Å². The maximum atomic E-state index is 13.9. The van der Waals surface area contributed by atoms with Crippen LogP contribution in [0.1, 0.15) is 17.2 Å². The normalized spacial score (nSPS) is 23.1. The van der Waals surface area contributed by atoms with Gasteiger partial charge in [-0.3, -0.25) is 0 Å². The van der Waals surface area contributed by atoms with Gasteiger partial charge in [-0.05, 0) is 30.0 Å². The van der Waals surface area contributed by atoms with E-state index in [1.54, 1.807) is 11.3 Å². The molecule has 2 atom stereocenters.